The fourth-order valence-corrected chi connectivity index (χ4v) is 2.49. The largest absolute Gasteiger partial charge is 0.504 e. The van der Waals surface area contributed by atoms with Crippen LogP contribution in [0.1, 0.15) is 11.1 Å². The van der Waals surface area contributed by atoms with E-state index in [9.17, 15) is 19.1 Å². The Labute approximate surface area is 143 Å². The van der Waals surface area contributed by atoms with Gasteiger partial charge in [-0.05, 0) is 18.2 Å². The fourth-order valence-electron chi connectivity index (χ4n) is 2.49. The van der Waals surface area contributed by atoms with Gasteiger partial charge < -0.3 is 15.2 Å². The van der Waals surface area contributed by atoms with E-state index in [1.807, 2.05) is 0 Å². The number of aromatic hydroxyl groups is 1. The first-order valence-electron chi connectivity index (χ1n) is 7.45. The number of ether oxygens (including phenoxy) is 1. The summed E-state index contributed by atoms with van der Waals surface area (Å²) < 4.78 is 18.8. The Kier molecular flexibility index (Phi) is 4.38. The van der Waals surface area contributed by atoms with Gasteiger partial charge in [0.2, 0.25) is 0 Å². The van der Waals surface area contributed by atoms with Crippen LogP contribution < -0.4 is 10.1 Å². The third kappa shape index (κ3) is 3.16. The second-order valence-corrected chi connectivity index (χ2v) is 5.37. The van der Waals surface area contributed by atoms with Gasteiger partial charge in [-0.1, -0.05) is 30.3 Å². The third-order valence-electron chi connectivity index (χ3n) is 3.80. The highest BCUT2D eigenvalue weighted by molar-refractivity contribution is 6.14. The highest BCUT2D eigenvalue weighted by Crippen LogP contribution is 2.31. The topological polar surface area (TPSA) is 78.9 Å². The van der Waals surface area contributed by atoms with Crippen molar-refractivity contribution in [2.24, 2.45) is 0 Å². The molecule has 128 valence electrons. The fraction of sp³-hybridized carbons (Fsp3) is 0.111. The number of carbonyl (C=O) groups is 2. The van der Waals surface area contributed by atoms with Crippen molar-refractivity contribution in [2.75, 3.05) is 7.11 Å². The molecule has 0 aromatic heterocycles. The molecule has 1 fully saturated rings. The van der Waals surface area contributed by atoms with E-state index in [1.165, 1.54) is 31.4 Å². The number of carbonyl (C=O) groups excluding carboxylic acids is 2. The molecular formula is C18H15FN2O4. The van der Waals surface area contributed by atoms with Gasteiger partial charge in [0.05, 0.1) is 13.7 Å². The molecule has 1 heterocycles. The van der Waals surface area contributed by atoms with E-state index in [0.717, 1.165) is 4.90 Å². The van der Waals surface area contributed by atoms with Crippen molar-refractivity contribution >= 4 is 18.0 Å². The Bertz CT molecular complexity index is 879. The maximum Gasteiger partial charge on any atom is 0.329 e. The number of methoxy groups -OCH3 is 1. The lowest BCUT2D eigenvalue weighted by atomic mass is 10.1. The number of nitrogens with one attached hydrogen (secondary N) is 1. The predicted molar refractivity (Wildman–Crippen MR) is 88.1 cm³/mol. The number of nitrogens with zero attached hydrogens (tertiary/aromatic N) is 1. The number of hydrogen-bond acceptors (Lipinski definition) is 4. The maximum atomic E-state index is 13.7. The normalized spacial score (nSPS) is 15.6. The van der Waals surface area contributed by atoms with Crippen molar-refractivity contribution in [3.8, 4) is 11.5 Å². The van der Waals surface area contributed by atoms with E-state index < -0.39 is 17.8 Å². The van der Waals surface area contributed by atoms with Crippen LogP contribution in [-0.4, -0.2) is 29.1 Å². The van der Waals surface area contributed by atoms with E-state index in [0.29, 0.717) is 5.56 Å². The number of amides is 3. The second-order valence-electron chi connectivity index (χ2n) is 5.37. The van der Waals surface area contributed by atoms with Gasteiger partial charge in [-0.25, -0.2) is 9.18 Å². The van der Waals surface area contributed by atoms with Crippen molar-refractivity contribution in [2.45, 2.75) is 6.54 Å². The smallest absolute Gasteiger partial charge is 0.329 e. The lowest BCUT2D eigenvalue weighted by Crippen LogP contribution is -2.30. The third-order valence-corrected chi connectivity index (χ3v) is 3.80. The van der Waals surface area contributed by atoms with Crippen LogP contribution in [0.15, 0.2) is 48.2 Å². The number of rotatable bonds is 4. The number of halogens is 1. The van der Waals surface area contributed by atoms with Gasteiger partial charge in [-0.2, -0.15) is 0 Å². The van der Waals surface area contributed by atoms with Gasteiger partial charge in [0.25, 0.3) is 5.91 Å². The van der Waals surface area contributed by atoms with Gasteiger partial charge in [0.1, 0.15) is 11.5 Å². The number of benzene rings is 2. The van der Waals surface area contributed by atoms with Crippen LogP contribution in [0.3, 0.4) is 0 Å². The van der Waals surface area contributed by atoms with Gasteiger partial charge >= 0.3 is 6.03 Å². The number of para-hydroxylation sites is 1. The summed E-state index contributed by atoms with van der Waals surface area (Å²) in [7, 11) is 1.41. The molecule has 2 aromatic carbocycles. The average Bonchev–Trinajstić information content (AvgIpc) is 2.86. The average molecular weight is 342 g/mol. The van der Waals surface area contributed by atoms with Crippen molar-refractivity contribution in [1.82, 2.24) is 10.2 Å². The molecule has 0 spiro atoms. The maximum absolute atomic E-state index is 13.7. The summed E-state index contributed by atoms with van der Waals surface area (Å²) in [5.41, 5.74) is 0.539. The molecule has 25 heavy (non-hydrogen) atoms. The van der Waals surface area contributed by atoms with Crippen LogP contribution in [0, 0.1) is 5.82 Å². The molecular weight excluding hydrogens is 327 g/mol. The number of hydrogen-bond donors (Lipinski definition) is 2. The molecule has 2 aromatic rings. The van der Waals surface area contributed by atoms with Crippen LogP contribution in [0.25, 0.3) is 6.08 Å². The molecule has 0 atom stereocenters. The summed E-state index contributed by atoms with van der Waals surface area (Å²) >= 11 is 0. The Morgan fingerprint density at radius 3 is 2.68 bits per heavy atom. The van der Waals surface area contributed by atoms with E-state index in [2.05, 4.69) is 5.32 Å². The highest BCUT2D eigenvalue weighted by Gasteiger charge is 2.34. The van der Waals surface area contributed by atoms with E-state index >= 15 is 0 Å². The Morgan fingerprint density at radius 2 is 1.96 bits per heavy atom. The van der Waals surface area contributed by atoms with Crippen molar-refractivity contribution in [3.63, 3.8) is 0 Å². The number of imide groups is 1. The molecule has 1 saturated heterocycles. The highest BCUT2D eigenvalue weighted by atomic mass is 19.1. The summed E-state index contributed by atoms with van der Waals surface area (Å²) in [6, 6.07) is 10.1. The first-order chi connectivity index (χ1) is 12.0. The molecule has 0 saturated carbocycles. The van der Waals surface area contributed by atoms with Crippen LogP contribution in [0.4, 0.5) is 9.18 Å². The Hall–Kier alpha value is -3.35. The molecule has 3 amide bonds. The van der Waals surface area contributed by atoms with Crippen LogP contribution >= 0.6 is 0 Å². The summed E-state index contributed by atoms with van der Waals surface area (Å²) in [6.45, 7) is -0.182. The monoisotopic (exact) mass is 342 g/mol. The van der Waals surface area contributed by atoms with Gasteiger partial charge in [-0.15, -0.1) is 0 Å². The molecule has 2 N–H and O–H groups in total. The minimum absolute atomic E-state index is 0.00936. The van der Waals surface area contributed by atoms with Crippen molar-refractivity contribution in [1.29, 1.82) is 0 Å². The summed E-state index contributed by atoms with van der Waals surface area (Å²) in [4.78, 5) is 25.4. The summed E-state index contributed by atoms with van der Waals surface area (Å²) in [5.74, 6) is -0.997. The molecule has 0 bridgehead atoms. The zero-order valence-electron chi connectivity index (χ0n) is 13.3. The van der Waals surface area contributed by atoms with Gasteiger partial charge in [0, 0.05) is 11.1 Å². The SMILES string of the molecule is COc1cccc(/C=C2\NC(=O)N(Cc3ccccc3F)C2=O)c1O. The van der Waals surface area contributed by atoms with E-state index in [1.54, 1.807) is 24.3 Å². The standard InChI is InChI=1S/C18H15FN2O4/c1-25-15-8-4-6-11(16(15)22)9-14-17(23)21(18(24)20-14)10-12-5-2-3-7-13(12)19/h2-9,22H,10H2,1H3,(H,20,24)/b14-9-. The number of urea groups is 1. The molecule has 1 aliphatic rings. The molecule has 0 aliphatic carbocycles. The lowest BCUT2D eigenvalue weighted by Gasteiger charge is -2.12. The Balaban J connectivity index is 1.88. The minimum atomic E-state index is -0.651. The lowest BCUT2D eigenvalue weighted by molar-refractivity contribution is -0.123. The predicted octanol–water partition coefficient (Wildman–Crippen LogP) is 2.63. The first-order valence-corrected chi connectivity index (χ1v) is 7.45. The van der Waals surface area contributed by atoms with Crippen LogP contribution in [-0.2, 0) is 11.3 Å². The zero-order valence-corrected chi connectivity index (χ0v) is 13.3. The van der Waals surface area contributed by atoms with Gasteiger partial charge in [0.15, 0.2) is 11.5 Å². The first kappa shape index (κ1) is 16.5. The van der Waals surface area contributed by atoms with Crippen molar-refractivity contribution < 1.29 is 23.8 Å². The molecule has 6 nitrogen and oxygen atoms in total. The summed E-state index contributed by atoms with van der Waals surface area (Å²) in [5, 5.41) is 12.5. The number of phenols is 1. The molecule has 1 aliphatic heterocycles. The second kappa shape index (κ2) is 6.64. The molecule has 0 unspecified atom stereocenters. The zero-order chi connectivity index (χ0) is 18.0. The van der Waals surface area contributed by atoms with Crippen LogP contribution in [0.2, 0.25) is 0 Å². The van der Waals surface area contributed by atoms with Gasteiger partial charge in [-0.3, -0.25) is 9.69 Å². The van der Waals surface area contributed by atoms with Crippen molar-refractivity contribution in [3.05, 3.63) is 65.1 Å². The minimum Gasteiger partial charge on any atom is -0.504 e. The quantitative estimate of drug-likeness (QED) is 0.661. The molecule has 0 radical (unpaired) electrons. The number of phenolic OH excluding ortho intramolecular Hbond substituents is 1. The molecule has 3 rings (SSSR count). The van der Waals surface area contributed by atoms with E-state index in [4.69, 9.17) is 4.74 Å². The molecule has 7 heteroatoms. The summed E-state index contributed by atoms with van der Waals surface area (Å²) in [6.07, 6.45) is 1.35. The van der Waals surface area contributed by atoms with Crippen LogP contribution in [0.5, 0.6) is 11.5 Å². The Morgan fingerprint density at radius 1 is 1.20 bits per heavy atom. The van der Waals surface area contributed by atoms with E-state index in [-0.39, 0.29) is 29.3 Å².